The van der Waals surface area contributed by atoms with E-state index in [1.807, 2.05) is 52.0 Å². The summed E-state index contributed by atoms with van der Waals surface area (Å²) in [7, 11) is 0. The third kappa shape index (κ3) is 5.28. The van der Waals surface area contributed by atoms with Crippen LogP contribution in [0, 0.1) is 0 Å². The number of aromatic hydroxyl groups is 1. The summed E-state index contributed by atoms with van der Waals surface area (Å²) in [5.74, 6) is -0.173. The van der Waals surface area contributed by atoms with Gasteiger partial charge < -0.3 is 15.4 Å². The van der Waals surface area contributed by atoms with Gasteiger partial charge in [-0.15, -0.1) is 15.3 Å². The van der Waals surface area contributed by atoms with E-state index in [9.17, 15) is 14.7 Å². The number of fused-ring (bicyclic) bond motifs is 3. The molecule has 0 aliphatic carbocycles. The maximum atomic E-state index is 12.8. The number of phenols is 1. The van der Waals surface area contributed by atoms with Crippen LogP contribution in [0.15, 0.2) is 85.5 Å². The number of hydrogen-bond donors (Lipinski definition) is 3. The number of imide groups is 1. The maximum Gasteiger partial charge on any atom is 0.249 e. The second kappa shape index (κ2) is 11.7. The lowest BCUT2D eigenvalue weighted by molar-refractivity contribution is -0.135. The van der Waals surface area contributed by atoms with Crippen LogP contribution in [0.3, 0.4) is 0 Å². The zero-order chi connectivity index (χ0) is 32.8. The lowest BCUT2D eigenvalue weighted by Crippen LogP contribution is -2.41. The summed E-state index contributed by atoms with van der Waals surface area (Å²) in [6, 6.07) is 18.2. The van der Waals surface area contributed by atoms with Crippen molar-refractivity contribution in [3.8, 4) is 28.1 Å². The summed E-state index contributed by atoms with van der Waals surface area (Å²) in [5.41, 5.74) is 12.1. The number of nitrogens with zero attached hydrogens (tertiary/aromatic N) is 9. The molecule has 1 aliphatic rings. The number of aromatic nitrogens is 9. The number of phenolic OH excluding ortho intramolecular Hbond substituents is 1. The van der Waals surface area contributed by atoms with Crippen molar-refractivity contribution in [3.05, 3.63) is 96.7 Å². The molecule has 0 saturated carbocycles. The number of piperidine rings is 1. The first kappa shape index (κ1) is 29.0. The number of aryl methyl sites for hydroxylation is 2. The Balaban J connectivity index is 0.977. The number of carbonyl (C=O) groups excluding carboxylic acids is 2. The largest absolute Gasteiger partial charge is 0.507 e. The van der Waals surface area contributed by atoms with Gasteiger partial charge in [-0.25, -0.2) is 9.67 Å². The van der Waals surface area contributed by atoms with Gasteiger partial charge in [0.15, 0.2) is 5.82 Å². The second-order valence-corrected chi connectivity index (χ2v) is 11.8. The molecule has 1 fully saturated rings. The first-order valence-corrected chi connectivity index (χ1v) is 15.5. The third-order valence-electron chi connectivity index (χ3n) is 8.62. The average molecular weight is 640 g/mol. The highest BCUT2D eigenvalue weighted by atomic mass is 16.3. The van der Waals surface area contributed by atoms with Gasteiger partial charge in [-0.1, -0.05) is 23.4 Å². The molecule has 7 aromatic rings. The second-order valence-electron chi connectivity index (χ2n) is 11.8. The summed E-state index contributed by atoms with van der Waals surface area (Å²) in [6.45, 7) is 1.08. The van der Waals surface area contributed by atoms with Crippen LogP contribution in [0.1, 0.15) is 30.1 Å². The van der Waals surface area contributed by atoms with Crippen LogP contribution >= 0.6 is 0 Å². The van der Waals surface area contributed by atoms with E-state index in [-0.39, 0.29) is 29.8 Å². The number of para-hydroxylation sites is 1. The van der Waals surface area contributed by atoms with Crippen molar-refractivity contribution >= 4 is 39.6 Å². The zero-order valence-electron chi connectivity index (χ0n) is 25.6. The first-order valence-electron chi connectivity index (χ1n) is 15.5. The van der Waals surface area contributed by atoms with Crippen molar-refractivity contribution in [3.63, 3.8) is 0 Å². The minimum absolute atomic E-state index is 0.112. The summed E-state index contributed by atoms with van der Waals surface area (Å²) in [5, 5.41) is 36.1. The van der Waals surface area contributed by atoms with Crippen molar-refractivity contribution in [2.45, 2.75) is 38.4 Å². The molecule has 238 valence electrons. The highest BCUT2D eigenvalue weighted by Gasteiger charge is 2.31. The Morgan fingerprint density at radius 2 is 1.83 bits per heavy atom. The van der Waals surface area contributed by atoms with Gasteiger partial charge in [0.05, 0.1) is 29.6 Å². The van der Waals surface area contributed by atoms with Crippen LogP contribution in [0.4, 0.5) is 5.82 Å². The Morgan fingerprint density at radius 1 is 0.938 bits per heavy atom. The van der Waals surface area contributed by atoms with Gasteiger partial charge >= 0.3 is 0 Å². The van der Waals surface area contributed by atoms with Gasteiger partial charge in [-0.3, -0.25) is 19.6 Å². The molecule has 14 nitrogen and oxygen atoms in total. The Bertz CT molecular complexity index is 2360. The quantitative estimate of drug-likeness (QED) is 0.207. The van der Waals surface area contributed by atoms with E-state index >= 15 is 0 Å². The van der Waals surface area contributed by atoms with Crippen molar-refractivity contribution in [1.82, 2.24) is 49.8 Å². The van der Waals surface area contributed by atoms with Crippen LogP contribution in [0.25, 0.3) is 44.3 Å². The molecule has 1 unspecified atom stereocenters. The van der Waals surface area contributed by atoms with E-state index in [1.54, 1.807) is 41.3 Å². The molecule has 2 aromatic carbocycles. The first-order chi connectivity index (χ1) is 23.4. The van der Waals surface area contributed by atoms with Gasteiger partial charge in [-0.2, -0.15) is 5.10 Å². The van der Waals surface area contributed by atoms with E-state index < -0.39 is 6.04 Å². The Morgan fingerprint density at radius 3 is 2.71 bits per heavy atom. The zero-order valence-corrected chi connectivity index (χ0v) is 25.6. The fraction of sp³-hybridized carbons (Fsp3) is 0.176. The highest BCUT2D eigenvalue weighted by molar-refractivity contribution is 6.09. The van der Waals surface area contributed by atoms with Crippen LogP contribution < -0.4 is 11.1 Å². The predicted molar refractivity (Wildman–Crippen MR) is 176 cm³/mol. The summed E-state index contributed by atoms with van der Waals surface area (Å²) < 4.78 is 5.55. The Labute approximate surface area is 272 Å². The molecule has 0 radical (unpaired) electrons. The topological polar surface area (TPSA) is 185 Å². The molecule has 0 spiro atoms. The number of amides is 2. The smallest absolute Gasteiger partial charge is 0.249 e. The number of benzene rings is 2. The minimum Gasteiger partial charge on any atom is -0.507 e. The SMILES string of the molecule is Nc1nnc(-c2ccccc2O)cc1-c1cnn(CCc2cn(Cc3ccc4c(c3)c3cccnc3n4C3CCC(=O)NC3=O)nn2)c1. The molecular formula is C34H29N11O3. The van der Waals surface area contributed by atoms with Gasteiger partial charge in [0.1, 0.15) is 17.4 Å². The minimum atomic E-state index is -0.507. The number of rotatable bonds is 8. The lowest BCUT2D eigenvalue weighted by Gasteiger charge is -2.23. The number of carbonyl (C=O) groups is 2. The number of pyridine rings is 1. The van der Waals surface area contributed by atoms with E-state index in [0.29, 0.717) is 48.4 Å². The van der Waals surface area contributed by atoms with Crippen molar-refractivity contribution in [2.24, 2.45) is 0 Å². The molecule has 6 heterocycles. The predicted octanol–water partition coefficient (Wildman–Crippen LogP) is 3.66. The number of anilines is 1. The Hall–Kier alpha value is -6.44. The molecule has 5 aromatic heterocycles. The maximum absolute atomic E-state index is 12.8. The molecule has 8 rings (SSSR count). The molecule has 0 bridgehead atoms. The molecule has 1 aliphatic heterocycles. The standard InChI is InChI=1S/C34H29N11O3/c35-32-25(15-27(40-41-32)24-4-1-2-6-30(24)46)21-16-37-43(18-21)13-11-22-19-44(42-39-22)17-20-7-8-28-26(14-20)23-5-3-12-36-33(23)45(28)29-9-10-31(47)38-34(29)48/h1-8,12,14-16,18-19,29,46H,9-11,13,17H2,(H2,35,41)(H,38,47,48). The molecule has 14 heteroatoms. The van der Waals surface area contributed by atoms with Crippen molar-refractivity contribution < 1.29 is 14.7 Å². The van der Waals surface area contributed by atoms with Crippen molar-refractivity contribution in [1.29, 1.82) is 0 Å². The fourth-order valence-corrected chi connectivity index (χ4v) is 6.29. The summed E-state index contributed by atoms with van der Waals surface area (Å²) in [6.07, 6.45) is 8.58. The van der Waals surface area contributed by atoms with Crippen LogP contribution in [0.5, 0.6) is 5.75 Å². The Kier molecular flexibility index (Phi) is 7.09. The monoisotopic (exact) mass is 639 g/mol. The molecule has 4 N–H and O–H groups in total. The average Bonchev–Trinajstić information content (AvgIpc) is 3.83. The van der Waals surface area contributed by atoms with E-state index in [2.05, 4.69) is 42.0 Å². The normalized spacial score (nSPS) is 15.0. The van der Waals surface area contributed by atoms with Crippen LogP contribution in [-0.4, -0.2) is 61.4 Å². The van der Waals surface area contributed by atoms with E-state index in [4.69, 9.17) is 5.73 Å². The van der Waals surface area contributed by atoms with Gasteiger partial charge in [0.25, 0.3) is 0 Å². The third-order valence-corrected chi connectivity index (χ3v) is 8.62. The number of nitrogens with one attached hydrogen (secondary N) is 1. The molecule has 1 saturated heterocycles. The van der Waals surface area contributed by atoms with Gasteiger partial charge in [0.2, 0.25) is 11.8 Å². The van der Waals surface area contributed by atoms with E-state index in [1.165, 1.54) is 0 Å². The van der Waals surface area contributed by atoms with E-state index in [0.717, 1.165) is 33.1 Å². The van der Waals surface area contributed by atoms with Crippen LogP contribution in [-0.2, 0) is 29.1 Å². The summed E-state index contributed by atoms with van der Waals surface area (Å²) >= 11 is 0. The molecule has 1 atom stereocenters. The number of nitrogens with two attached hydrogens (primary N) is 1. The van der Waals surface area contributed by atoms with Crippen LogP contribution in [0.2, 0.25) is 0 Å². The molecule has 2 amide bonds. The number of nitrogen functional groups attached to an aromatic ring is 1. The molecular weight excluding hydrogens is 610 g/mol. The fourth-order valence-electron chi connectivity index (χ4n) is 6.29. The van der Waals surface area contributed by atoms with Gasteiger partial charge in [0, 0.05) is 65.4 Å². The molecule has 48 heavy (non-hydrogen) atoms. The lowest BCUT2D eigenvalue weighted by atomic mass is 10.1. The van der Waals surface area contributed by atoms with Crippen molar-refractivity contribution in [2.75, 3.05) is 5.73 Å². The summed E-state index contributed by atoms with van der Waals surface area (Å²) in [4.78, 5) is 29.2. The number of hydrogen-bond acceptors (Lipinski definition) is 10. The van der Waals surface area contributed by atoms with Gasteiger partial charge in [-0.05, 0) is 54.4 Å². The highest BCUT2D eigenvalue weighted by Crippen LogP contribution is 2.34.